The summed E-state index contributed by atoms with van der Waals surface area (Å²) in [5, 5.41) is 14.4. The van der Waals surface area contributed by atoms with Crippen LogP contribution in [0.25, 0.3) is 0 Å². The minimum absolute atomic E-state index is 0.131. The van der Waals surface area contributed by atoms with E-state index >= 15 is 0 Å². The van der Waals surface area contributed by atoms with Crippen LogP contribution >= 0.6 is 0 Å². The van der Waals surface area contributed by atoms with Crippen LogP contribution in [0.3, 0.4) is 0 Å². The molecule has 0 saturated heterocycles. The van der Waals surface area contributed by atoms with Gasteiger partial charge in [-0.25, -0.2) is 0 Å². The van der Waals surface area contributed by atoms with Crippen LogP contribution in [0.15, 0.2) is 30.3 Å². The van der Waals surface area contributed by atoms with Crippen LogP contribution < -0.4 is 10.6 Å². The van der Waals surface area contributed by atoms with Crippen molar-refractivity contribution in [2.45, 2.75) is 12.5 Å². The number of aliphatic carboxylic acids is 1. The predicted molar refractivity (Wildman–Crippen MR) is 71.0 cm³/mol. The molecule has 1 atom stereocenters. The van der Waals surface area contributed by atoms with E-state index in [0.29, 0.717) is 18.8 Å². The van der Waals surface area contributed by atoms with Crippen LogP contribution in [0.1, 0.15) is 6.42 Å². The Morgan fingerprint density at radius 2 is 2.00 bits per heavy atom. The lowest BCUT2D eigenvalue weighted by atomic mass is 10.2. The minimum atomic E-state index is -1.06. The topological polar surface area (TPSA) is 87.7 Å². The zero-order chi connectivity index (χ0) is 14.1. The molecular weight excluding hydrogens is 248 g/mol. The molecule has 19 heavy (non-hydrogen) atoms. The first-order chi connectivity index (χ1) is 9.13. The summed E-state index contributed by atoms with van der Waals surface area (Å²) in [6.45, 7) is 0.774. The molecule has 1 rings (SSSR count). The van der Waals surface area contributed by atoms with Crippen molar-refractivity contribution in [2.75, 3.05) is 25.6 Å². The molecule has 0 radical (unpaired) electrons. The first-order valence-corrected chi connectivity index (χ1v) is 5.93. The Morgan fingerprint density at radius 3 is 2.58 bits per heavy atom. The highest BCUT2D eigenvalue weighted by atomic mass is 16.5. The summed E-state index contributed by atoms with van der Waals surface area (Å²) in [5.74, 6) is -1.40. The number of nitrogens with one attached hydrogen (secondary N) is 2. The van der Waals surface area contributed by atoms with E-state index in [1.165, 1.54) is 7.11 Å². The predicted octanol–water partition coefficient (Wildman–Crippen LogP) is 0.704. The molecule has 6 nitrogen and oxygen atoms in total. The monoisotopic (exact) mass is 266 g/mol. The van der Waals surface area contributed by atoms with Crippen molar-refractivity contribution >= 4 is 17.6 Å². The third-order valence-electron chi connectivity index (χ3n) is 2.44. The highest BCUT2D eigenvalue weighted by Crippen LogP contribution is 2.06. The molecule has 6 heteroatoms. The maximum absolute atomic E-state index is 11.7. The van der Waals surface area contributed by atoms with E-state index in [2.05, 4.69) is 10.6 Å². The standard InChI is InChI=1S/C13H18N2O4/c1-19-8-7-14-11(13(17)18)9-12(16)15-10-5-3-2-4-6-10/h2-6,11,14H,7-9H2,1H3,(H,15,16)(H,17,18)/t11-/m1/s1. The Labute approximate surface area is 111 Å². The van der Waals surface area contributed by atoms with Crippen LogP contribution in [-0.4, -0.2) is 43.3 Å². The van der Waals surface area contributed by atoms with Crippen molar-refractivity contribution in [3.8, 4) is 0 Å². The normalized spacial score (nSPS) is 11.8. The van der Waals surface area contributed by atoms with Gasteiger partial charge in [-0.05, 0) is 12.1 Å². The van der Waals surface area contributed by atoms with Crippen LogP contribution in [0.2, 0.25) is 0 Å². The number of amides is 1. The quantitative estimate of drug-likeness (QED) is 0.603. The lowest BCUT2D eigenvalue weighted by Crippen LogP contribution is -2.41. The van der Waals surface area contributed by atoms with Crippen LogP contribution in [-0.2, 0) is 14.3 Å². The molecule has 0 spiro atoms. The zero-order valence-electron chi connectivity index (χ0n) is 10.8. The van der Waals surface area contributed by atoms with E-state index in [4.69, 9.17) is 9.84 Å². The van der Waals surface area contributed by atoms with Crippen LogP contribution in [0.5, 0.6) is 0 Å². The van der Waals surface area contributed by atoms with Crippen molar-refractivity contribution in [2.24, 2.45) is 0 Å². The number of ether oxygens (including phenoxy) is 1. The highest BCUT2D eigenvalue weighted by Gasteiger charge is 2.20. The van der Waals surface area contributed by atoms with Gasteiger partial charge in [-0.2, -0.15) is 0 Å². The van der Waals surface area contributed by atoms with Gasteiger partial charge in [0, 0.05) is 19.3 Å². The molecule has 1 aromatic rings. The maximum atomic E-state index is 11.7. The van der Waals surface area contributed by atoms with Crippen molar-refractivity contribution in [3.63, 3.8) is 0 Å². The number of hydrogen-bond donors (Lipinski definition) is 3. The van der Waals surface area contributed by atoms with E-state index in [1.54, 1.807) is 24.3 Å². The molecule has 0 aromatic heterocycles. The largest absolute Gasteiger partial charge is 0.480 e. The molecule has 1 amide bonds. The summed E-state index contributed by atoms with van der Waals surface area (Å²) < 4.78 is 4.82. The summed E-state index contributed by atoms with van der Waals surface area (Å²) in [6.07, 6.45) is -0.131. The van der Waals surface area contributed by atoms with Gasteiger partial charge in [-0.1, -0.05) is 18.2 Å². The molecule has 0 fully saturated rings. The average molecular weight is 266 g/mol. The van der Waals surface area contributed by atoms with Crippen molar-refractivity contribution in [3.05, 3.63) is 30.3 Å². The molecule has 0 aliphatic carbocycles. The van der Waals surface area contributed by atoms with Gasteiger partial charge in [0.25, 0.3) is 0 Å². The molecule has 3 N–H and O–H groups in total. The second-order valence-electron chi connectivity index (χ2n) is 3.96. The molecule has 104 valence electrons. The lowest BCUT2D eigenvalue weighted by Gasteiger charge is -2.14. The molecule has 0 unspecified atom stereocenters. The fourth-order valence-electron chi connectivity index (χ4n) is 1.50. The second kappa shape index (κ2) is 8.23. The summed E-state index contributed by atoms with van der Waals surface area (Å²) in [4.78, 5) is 22.7. The molecule has 0 heterocycles. The molecule has 1 aromatic carbocycles. The first kappa shape index (κ1) is 15.1. The van der Waals surface area contributed by atoms with Crippen molar-refractivity contribution < 1.29 is 19.4 Å². The molecule has 0 bridgehead atoms. The lowest BCUT2D eigenvalue weighted by molar-refractivity contribution is -0.141. The average Bonchev–Trinajstić information content (AvgIpc) is 2.38. The van der Waals surface area contributed by atoms with E-state index in [1.807, 2.05) is 6.07 Å². The van der Waals surface area contributed by atoms with Crippen molar-refractivity contribution in [1.82, 2.24) is 5.32 Å². The number of carbonyl (C=O) groups excluding carboxylic acids is 1. The molecule has 0 aliphatic heterocycles. The number of benzene rings is 1. The Balaban J connectivity index is 2.45. The van der Waals surface area contributed by atoms with Gasteiger partial charge in [0.2, 0.25) is 5.91 Å². The number of anilines is 1. The van der Waals surface area contributed by atoms with Gasteiger partial charge in [-0.15, -0.1) is 0 Å². The number of para-hydroxylation sites is 1. The fourth-order valence-corrected chi connectivity index (χ4v) is 1.50. The van der Waals surface area contributed by atoms with E-state index < -0.39 is 12.0 Å². The second-order valence-corrected chi connectivity index (χ2v) is 3.96. The Hall–Kier alpha value is -1.92. The van der Waals surface area contributed by atoms with Gasteiger partial charge < -0.3 is 20.5 Å². The number of hydrogen-bond acceptors (Lipinski definition) is 4. The Bertz CT molecular complexity index is 408. The van der Waals surface area contributed by atoms with Gasteiger partial charge in [-0.3, -0.25) is 9.59 Å². The molecule has 0 aliphatic rings. The van der Waals surface area contributed by atoms with Crippen molar-refractivity contribution in [1.29, 1.82) is 0 Å². The first-order valence-electron chi connectivity index (χ1n) is 5.93. The van der Waals surface area contributed by atoms with Crippen LogP contribution in [0.4, 0.5) is 5.69 Å². The van der Waals surface area contributed by atoms with Crippen LogP contribution in [0, 0.1) is 0 Å². The zero-order valence-corrected chi connectivity index (χ0v) is 10.8. The molecule has 0 saturated carbocycles. The number of methoxy groups -OCH3 is 1. The summed E-state index contributed by atoms with van der Waals surface area (Å²) in [7, 11) is 1.53. The number of rotatable bonds is 8. The molecular formula is C13H18N2O4. The minimum Gasteiger partial charge on any atom is -0.480 e. The van der Waals surface area contributed by atoms with E-state index in [0.717, 1.165) is 0 Å². The van der Waals surface area contributed by atoms with E-state index in [9.17, 15) is 9.59 Å². The SMILES string of the molecule is COCCN[C@H](CC(=O)Nc1ccccc1)C(=O)O. The van der Waals surface area contributed by atoms with Gasteiger partial charge in [0.1, 0.15) is 6.04 Å². The number of carboxylic acids is 1. The maximum Gasteiger partial charge on any atom is 0.321 e. The third-order valence-corrected chi connectivity index (χ3v) is 2.44. The van der Waals surface area contributed by atoms with E-state index in [-0.39, 0.29) is 12.3 Å². The van der Waals surface area contributed by atoms with Gasteiger partial charge >= 0.3 is 5.97 Å². The smallest absolute Gasteiger partial charge is 0.321 e. The summed E-state index contributed by atoms with van der Waals surface area (Å²) in [5.41, 5.74) is 0.647. The fraction of sp³-hybridized carbons (Fsp3) is 0.385. The Morgan fingerprint density at radius 1 is 1.32 bits per heavy atom. The highest BCUT2D eigenvalue weighted by molar-refractivity contribution is 5.93. The summed E-state index contributed by atoms with van der Waals surface area (Å²) >= 11 is 0. The van der Waals surface area contributed by atoms with Gasteiger partial charge in [0.05, 0.1) is 13.0 Å². The number of carbonyl (C=O) groups is 2. The number of carboxylic acid groups (broad SMARTS) is 1. The Kier molecular flexibility index (Phi) is 6.56. The third kappa shape index (κ3) is 5.98. The summed E-state index contributed by atoms with van der Waals surface area (Å²) in [6, 6.07) is 7.99. The van der Waals surface area contributed by atoms with Gasteiger partial charge in [0.15, 0.2) is 0 Å².